The third kappa shape index (κ3) is 3.07. The fourth-order valence-corrected chi connectivity index (χ4v) is 2.71. The first kappa shape index (κ1) is 13.7. The Morgan fingerprint density at radius 2 is 2.05 bits per heavy atom. The number of phenolic OH excluding ortho intramolecular Hbond substituents is 1. The summed E-state index contributed by atoms with van der Waals surface area (Å²) in [7, 11) is 0. The van der Waals surface area contributed by atoms with Crippen molar-refractivity contribution < 1.29 is 9.90 Å². The minimum atomic E-state index is 0.105. The number of pyridine rings is 1. The van der Waals surface area contributed by atoms with Crippen molar-refractivity contribution in [2.24, 2.45) is 0 Å². The molecule has 1 aromatic carbocycles. The van der Waals surface area contributed by atoms with Gasteiger partial charge in [0.15, 0.2) is 0 Å². The lowest BCUT2D eigenvalue weighted by molar-refractivity contribution is -0.130. The van der Waals surface area contributed by atoms with Crippen molar-refractivity contribution in [2.75, 3.05) is 25.0 Å². The average molecular weight is 285 g/mol. The molecular weight excluding hydrogens is 266 g/mol. The molecular formula is C16H19N3O2. The second-order valence-electron chi connectivity index (χ2n) is 5.36. The van der Waals surface area contributed by atoms with E-state index in [0.29, 0.717) is 5.82 Å². The molecule has 5 heteroatoms. The van der Waals surface area contributed by atoms with Crippen molar-refractivity contribution in [1.29, 1.82) is 0 Å². The summed E-state index contributed by atoms with van der Waals surface area (Å²) in [6.07, 6.45) is 5.09. The molecule has 3 rings (SSSR count). The molecule has 2 aromatic rings. The second kappa shape index (κ2) is 5.99. The number of phenols is 1. The number of nitrogens with zero attached hydrogens (tertiary/aromatic N) is 2. The van der Waals surface area contributed by atoms with E-state index in [9.17, 15) is 9.90 Å². The van der Waals surface area contributed by atoms with E-state index in [1.807, 2.05) is 17.0 Å². The molecule has 1 amide bonds. The summed E-state index contributed by atoms with van der Waals surface area (Å²) >= 11 is 0. The number of carbonyl (C=O) groups is 1. The molecule has 1 fully saturated rings. The SMILES string of the molecule is O=C(CNc1nccc2ccc(O)cc12)N1CCCCC1. The van der Waals surface area contributed by atoms with Gasteiger partial charge in [-0.1, -0.05) is 6.07 Å². The summed E-state index contributed by atoms with van der Waals surface area (Å²) in [5.74, 6) is 0.934. The average Bonchev–Trinajstić information content (AvgIpc) is 2.53. The number of nitrogens with one attached hydrogen (secondary N) is 1. The molecule has 0 saturated carbocycles. The number of hydrogen-bond acceptors (Lipinski definition) is 4. The van der Waals surface area contributed by atoms with Crippen LogP contribution in [0, 0.1) is 0 Å². The first-order chi connectivity index (χ1) is 10.2. The van der Waals surface area contributed by atoms with Gasteiger partial charge >= 0.3 is 0 Å². The monoisotopic (exact) mass is 285 g/mol. The highest BCUT2D eigenvalue weighted by molar-refractivity contribution is 5.94. The maximum absolute atomic E-state index is 12.2. The van der Waals surface area contributed by atoms with Crippen LogP contribution in [0.25, 0.3) is 10.8 Å². The van der Waals surface area contributed by atoms with E-state index in [1.54, 1.807) is 18.3 Å². The van der Waals surface area contributed by atoms with Crippen LogP contribution < -0.4 is 5.32 Å². The summed E-state index contributed by atoms with van der Waals surface area (Å²) in [5, 5.41) is 14.5. The molecule has 2 N–H and O–H groups in total. The summed E-state index contributed by atoms with van der Waals surface area (Å²) in [5.41, 5.74) is 0. The van der Waals surface area contributed by atoms with Gasteiger partial charge in [-0.2, -0.15) is 0 Å². The zero-order valence-electron chi connectivity index (χ0n) is 11.9. The highest BCUT2D eigenvalue weighted by Gasteiger charge is 2.16. The fraction of sp³-hybridized carbons (Fsp3) is 0.375. The Morgan fingerprint density at radius 1 is 1.24 bits per heavy atom. The number of carbonyl (C=O) groups excluding carboxylic acids is 1. The molecule has 1 aromatic heterocycles. The number of aromatic hydroxyl groups is 1. The van der Waals surface area contributed by atoms with Crippen molar-refractivity contribution in [3.05, 3.63) is 30.5 Å². The van der Waals surface area contributed by atoms with Crippen molar-refractivity contribution in [2.45, 2.75) is 19.3 Å². The van der Waals surface area contributed by atoms with Crippen LogP contribution in [0.15, 0.2) is 30.5 Å². The van der Waals surface area contributed by atoms with E-state index in [0.717, 1.165) is 36.7 Å². The van der Waals surface area contributed by atoms with Crippen molar-refractivity contribution >= 4 is 22.5 Å². The lowest BCUT2D eigenvalue weighted by Gasteiger charge is -2.26. The molecule has 1 aliphatic heterocycles. The first-order valence-electron chi connectivity index (χ1n) is 7.33. The van der Waals surface area contributed by atoms with Gasteiger partial charge in [0, 0.05) is 24.7 Å². The van der Waals surface area contributed by atoms with Gasteiger partial charge in [-0.3, -0.25) is 4.79 Å². The molecule has 0 unspecified atom stereocenters. The molecule has 5 nitrogen and oxygen atoms in total. The molecule has 110 valence electrons. The number of likely N-dealkylation sites (tertiary alicyclic amines) is 1. The number of rotatable bonds is 3. The van der Waals surface area contributed by atoms with E-state index in [4.69, 9.17) is 0 Å². The summed E-state index contributed by atoms with van der Waals surface area (Å²) in [6.45, 7) is 1.94. The van der Waals surface area contributed by atoms with Crippen molar-refractivity contribution in [3.63, 3.8) is 0 Å². The zero-order valence-corrected chi connectivity index (χ0v) is 11.9. The van der Waals surface area contributed by atoms with Crippen LogP contribution in [0.1, 0.15) is 19.3 Å². The standard InChI is InChI=1S/C16H19N3O2/c20-13-5-4-12-6-7-17-16(14(12)10-13)18-11-15(21)19-8-2-1-3-9-19/h4-7,10,20H,1-3,8-9,11H2,(H,17,18). The molecule has 1 saturated heterocycles. The van der Waals surface area contributed by atoms with Gasteiger partial charge in [-0.15, -0.1) is 0 Å². The minimum absolute atomic E-state index is 0.105. The van der Waals surface area contributed by atoms with Crippen LogP contribution >= 0.6 is 0 Å². The van der Waals surface area contributed by atoms with Gasteiger partial charge < -0.3 is 15.3 Å². The number of fused-ring (bicyclic) bond motifs is 1. The number of anilines is 1. The van der Waals surface area contributed by atoms with Crippen molar-refractivity contribution in [1.82, 2.24) is 9.88 Å². The summed E-state index contributed by atoms with van der Waals surface area (Å²) in [4.78, 5) is 18.3. The number of benzene rings is 1. The number of hydrogen-bond donors (Lipinski definition) is 2. The predicted molar refractivity (Wildman–Crippen MR) is 82.3 cm³/mol. The van der Waals surface area contributed by atoms with E-state index < -0.39 is 0 Å². The minimum Gasteiger partial charge on any atom is -0.508 e. The molecule has 0 radical (unpaired) electrons. The number of amides is 1. The van der Waals surface area contributed by atoms with E-state index >= 15 is 0 Å². The van der Waals surface area contributed by atoms with Crippen LogP contribution in [0.4, 0.5) is 5.82 Å². The second-order valence-corrected chi connectivity index (χ2v) is 5.36. The Labute approximate surface area is 123 Å². The third-order valence-corrected chi connectivity index (χ3v) is 3.87. The van der Waals surface area contributed by atoms with Crippen molar-refractivity contribution in [3.8, 4) is 5.75 Å². The van der Waals surface area contributed by atoms with Gasteiger partial charge in [0.25, 0.3) is 0 Å². The van der Waals surface area contributed by atoms with Gasteiger partial charge in [0.05, 0.1) is 6.54 Å². The molecule has 21 heavy (non-hydrogen) atoms. The normalized spacial score (nSPS) is 15.1. The Balaban J connectivity index is 1.72. The molecule has 0 aliphatic carbocycles. The lowest BCUT2D eigenvalue weighted by Crippen LogP contribution is -2.39. The van der Waals surface area contributed by atoms with E-state index in [2.05, 4.69) is 10.3 Å². The quantitative estimate of drug-likeness (QED) is 0.908. The fourth-order valence-electron chi connectivity index (χ4n) is 2.71. The molecule has 1 aliphatic rings. The molecule has 0 atom stereocenters. The van der Waals surface area contributed by atoms with Crippen LogP contribution in [0.2, 0.25) is 0 Å². The van der Waals surface area contributed by atoms with Crippen LogP contribution in [0.5, 0.6) is 5.75 Å². The van der Waals surface area contributed by atoms with Crippen LogP contribution in [-0.4, -0.2) is 40.5 Å². The number of aromatic nitrogens is 1. The Morgan fingerprint density at radius 3 is 2.86 bits per heavy atom. The molecule has 0 bridgehead atoms. The predicted octanol–water partition coefficient (Wildman–Crippen LogP) is 2.36. The van der Waals surface area contributed by atoms with Gasteiger partial charge in [0.1, 0.15) is 11.6 Å². The lowest BCUT2D eigenvalue weighted by atomic mass is 10.1. The number of piperidine rings is 1. The van der Waals surface area contributed by atoms with Crippen LogP contribution in [0.3, 0.4) is 0 Å². The van der Waals surface area contributed by atoms with E-state index in [-0.39, 0.29) is 18.2 Å². The highest BCUT2D eigenvalue weighted by Crippen LogP contribution is 2.25. The Bertz CT molecular complexity index is 651. The van der Waals surface area contributed by atoms with Gasteiger partial charge in [0.2, 0.25) is 5.91 Å². The first-order valence-corrected chi connectivity index (χ1v) is 7.33. The maximum atomic E-state index is 12.2. The maximum Gasteiger partial charge on any atom is 0.241 e. The topological polar surface area (TPSA) is 65.5 Å². The van der Waals surface area contributed by atoms with Gasteiger partial charge in [-0.05, 0) is 42.8 Å². The zero-order chi connectivity index (χ0) is 14.7. The Kier molecular flexibility index (Phi) is 3.90. The largest absolute Gasteiger partial charge is 0.508 e. The highest BCUT2D eigenvalue weighted by atomic mass is 16.3. The smallest absolute Gasteiger partial charge is 0.241 e. The Hall–Kier alpha value is -2.30. The molecule has 2 heterocycles. The van der Waals surface area contributed by atoms with E-state index in [1.165, 1.54) is 6.42 Å². The summed E-state index contributed by atoms with van der Waals surface area (Å²) in [6, 6.07) is 7.03. The van der Waals surface area contributed by atoms with Gasteiger partial charge in [-0.25, -0.2) is 4.98 Å². The molecule has 0 spiro atoms. The third-order valence-electron chi connectivity index (χ3n) is 3.87. The summed E-state index contributed by atoms with van der Waals surface area (Å²) < 4.78 is 0. The van der Waals surface area contributed by atoms with Crippen LogP contribution in [-0.2, 0) is 4.79 Å².